The van der Waals surface area contributed by atoms with Crippen molar-refractivity contribution in [3.8, 4) is 17.2 Å². The average molecular weight is 465 g/mol. The van der Waals surface area contributed by atoms with E-state index < -0.39 is 0 Å². The first kappa shape index (κ1) is 24.1. The van der Waals surface area contributed by atoms with Crippen molar-refractivity contribution in [1.82, 2.24) is 14.5 Å². The van der Waals surface area contributed by atoms with Crippen molar-refractivity contribution in [2.75, 3.05) is 0 Å². The largest absolute Gasteiger partial charge is 0.388 e. The van der Waals surface area contributed by atoms with Gasteiger partial charge in [0.25, 0.3) is 5.56 Å². The minimum absolute atomic E-state index is 0.175. The zero-order valence-electron chi connectivity index (χ0n) is 19.8. The molecule has 35 heavy (non-hydrogen) atoms. The van der Waals surface area contributed by atoms with Crippen LogP contribution in [0.15, 0.2) is 77.7 Å². The smallest absolute Gasteiger partial charge is 0.257 e. The molecule has 0 fully saturated rings. The van der Waals surface area contributed by atoms with Crippen LogP contribution in [0.3, 0.4) is 0 Å². The Labute approximate surface area is 205 Å². The Morgan fingerprint density at radius 1 is 1.06 bits per heavy atom. The van der Waals surface area contributed by atoms with Gasteiger partial charge in [0.1, 0.15) is 12.4 Å². The molecule has 6 nitrogen and oxygen atoms in total. The number of rotatable bonds is 9. The van der Waals surface area contributed by atoms with Crippen molar-refractivity contribution in [1.29, 1.82) is 5.26 Å². The molecule has 4 rings (SSSR count). The molecule has 0 bridgehead atoms. The molecule has 2 aromatic carbocycles. The lowest BCUT2D eigenvalue weighted by Gasteiger charge is -2.16. The summed E-state index contributed by atoms with van der Waals surface area (Å²) in [5, 5.41) is 19.8. The molecular formula is C29H28N4O2. The lowest BCUT2D eigenvalue weighted by Crippen LogP contribution is -2.31. The molecule has 0 amide bonds. The predicted molar refractivity (Wildman–Crippen MR) is 136 cm³/mol. The van der Waals surface area contributed by atoms with Crippen molar-refractivity contribution in [3.05, 3.63) is 117 Å². The van der Waals surface area contributed by atoms with Gasteiger partial charge in [0.05, 0.1) is 29.6 Å². The molecule has 0 radical (unpaired) electrons. The summed E-state index contributed by atoms with van der Waals surface area (Å²) in [6, 6.07) is 23.4. The van der Waals surface area contributed by atoms with Crippen molar-refractivity contribution >= 4 is 0 Å². The van der Waals surface area contributed by atoms with Crippen LogP contribution in [0.2, 0.25) is 0 Å². The molecule has 2 aromatic heterocycles. The molecule has 0 aliphatic rings. The van der Waals surface area contributed by atoms with E-state index in [9.17, 15) is 15.2 Å². The molecule has 0 aliphatic heterocycles. The van der Waals surface area contributed by atoms with Gasteiger partial charge in [-0.15, -0.1) is 0 Å². The Hall–Kier alpha value is -4.08. The number of nitrogens with zero attached hydrogens (tertiary/aromatic N) is 4. The van der Waals surface area contributed by atoms with Gasteiger partial charge in [0.2, 0.25) is 0 Å². The second-order valence-corrected chi connectivity index (χ2v) is 8.46. The van der Waals surface area contributed by atoms with Gasteiger partial charge in [-0.25, -0.2) is 4.98 Å². The molecule has 4 aromatic rings. The van der Waals surface area contributed by atoms with Gasteiger partial charge in [-0.05, 0) is 47.7 Å². The molecule has 6 heteroatoms. The fourth-order valence-corrected chi connectivity index (χ4v) is 4.22. The Balaban J connectivity index is 1.77. The first-order chi connectivity index (χ1) is 17.1. The highest BCUT2D eigenvalue weighted by Crippen LogP contribution is 2.25. The fraction of sp³-hybridized carbons (Fsp3) is 0.241. The van der Waals surface area contributed by atoms with E-state index in [-0.39, 0.29) is 18.7 Å². The van der Waals surface area contributed by atoms with E-state index in [1.54, 1.807) is 6.20 Å². The lowest BCUT2D eigenvalue weighted by molar-refractivity contribution is 0.262. The van der Waals surface area contributed by atoms with Gasteiger partial charge in [-0.2, -0.15) is 5.26 Å². The normalized spacial score (nSPS) is 10.8. The Kier molecular flexibility index (Phi) is 7.81. The number of aromatic nitrogens is 3. The van der Waals surface area contributed by atoms with E-state index in [1.165, 1.54) is 4.57 Å². The molecule has 0 unspecified atom stereocenters. The van der Waals surface area contributed by atoms with E-state index >= 15 is 0 Å². The maximum absolute atomic E-state index is 13.7. The van der Waals surface area contributed by atoms with Crippen LogP contribution in [0.25, 0.3) is 11.1 Å². The second-order valence-electron chi connectivity index (χ2n) is 8.46. The number of pyridine rings is 1. The zero-order valence-corrected chi connectivity index (χ0v) is 19.8. The van der Waals surface area contributed by atoms with Crippen molar-refractivity contribution in [2.45, 2.75) is 45.8 Å². The monoisotopic (exact) mass is 464 g/mol. The van der Waals surface area contributed by atoms with E-state index in [4.69, 9.17) is 4.98 Å². The van der Waals surface area contributed by atoms with Gasteiger partial charge in [0.15, 0.2) is 0 Å². The summed E-state index contributed by atoms with van der Waals surface area (Å²) in [6.45, 7) is 2.00. The van der Waals surface area contributed by atoms with Crippen LogP contribution < -0.4 is 5.56 Å². The number of nitriles is 1. The van der Waals surface area contributed by atoms with Crippen LogP contribution in [0.5, 0.6) is 0 Å². The van der Waals surface area contributed by atoms with E-state index in [2.05, 4.69) is 18.0 Å². The topological polar surface area (TPSA) is 91.8 Å². The molecule has 2 heterocycles. The predicted octanol–water partition coefficient (Wildman–Crippen LogP) is 4.65. The number of benzene rings is 2. The number of unbranched alkanes of at least 4 members (excludes halogenated alkanes) is 1. The minimum atomic E-state index is -0.328. The maximum Gasteiger partial charge on any atom is 0.257 e. The molecule has 0 saturated carbocycles. The molecule has 176 valence electrons. The molecule has 0 spiro atoms. The van der Waals surface area contributed by atoms with Gasteiger partial charge < -0.3 is 5.11 Å². The van der Waals surface area contributed by atoms with Crippen LogP contribution in [-0.2, 0) is 26.0 Å². The van der Waals surface area contributed by atoms with Gasteiger partial charge in [0, 0.05) is 18.2 Å². The molecular weight excluding hydrogens is 436 g/mol. The third kappa shape index (κ3) is 5.53. The number of aliphatic hydroxyl groups is 1. The summed E-state index contributed by atoms with van der Waals surface area (Å²) in [5.74, 6) is 0.340. The highest BCUT2D eigenvalue weighted by atomic mass is 16.3. The summed E-state index contributed by atoms with van der Waals surface area (Å²) in [4.78, 5) is 22.7. The van der Waals surface area contributed by atoms with Gasteiger partial charge in [-0.3, -0.25) is 14.3 Å². The summed E-state index contributed by atoms with van der Waals surface area (Å²) in [5.41, 5.74) is 5.14. The third-order valence-electron chi connectivity index (χ3n) is 6.05. The molecule has 0 atom stereocenters. The maximum atomic E-state index is 13.7. The number of aliphatic hydroxyl groups excluding tert-OH is 1. The highest BCUT2D eigenvalue weighted by molar-refractivity contribution is 5.71. The van der Waals surface area contributed by atoms with Crippen LogP contribution in [0.1, 0.15) is 53.7 Å². The second kappa shape index (κ2) is 11.4. The minimum Gasteiger partial charge on any atom is -0.388 e. The molecule has 0 saturated heterocycles. The van der Waals surface area contributed by atoms with Crippen LogP contribution in [-0.4, -0.2) is 19.6 Å². The number of aryl methyl sites for hydroxylation is 1. The van der Waals surface area contributed by atoms with Crippen molar-refractivity contribution < 1.29 is 5.11 Å². The highest BCUT2D eigenvalue weighted by Gasteiger charge is 2.18. The SMILES string of the molecule is CCCCc1nc(CO)n(Cc2ccccn2)c(=O)c1Cc1ccc(-c2ccccc2)c(C#N)c1. The average Bonchev–Trinajstić information content (AvgIpc) is 2.91. The van der Waals surface area contributed by atoms with E-state index in [1.807, 2.05) is 66.7 Å². The first-order valence-corrected chi connectivity index (χ1v) is 11.8. The summed E-state index contributed by atoms with van der Waals surface area (Å²) < 4.78 is 1.51. The molecule has 1 N–H and O–H groups in total. The standard InChI is InChI=1S/C29H28N4O2/c1-2-3-12-27-26(29(35)33(28(20-34)32-27)19-24-11-7-8-15-31-24)17-21-13-14-25(23(16-21)18-30)22-9-5-4-6-10-22/h4-11,13-16,34H,2-3,12,17,19-20H2,1H3. The van der Waals surface area contributed by atoms with Crippen LogP contribution in [0.4, 0.5) is 0 Å². The first-order valence-electron chi connectivity index (χ1n) is 11.8. The lowest BCUT2D eigenvalue weighted by atomic mass is 9.95. The fourth-order valence-electron chi connectivity index (χ4n) is 4.22. The summed E-state index contributed by atoms with van der Waals surface area (Å²) >= 11 is 0. The number of hydrogen-bond donors (Lipinski definition) is 1. The van der Waals surface area contributed by atoms with E-state index in [0.29, 0.717) is 35.5 Å². The Morgan fingerprint density at radius 3 is 2.54 bits per heavy atom. The van der Waals surface area contributed by atoms with Crippen molar-refractivity contribution in [2.24, 2.45) is 0 Å². The summed E-state index contributed by atoms with van der Waals surface area (Å²) in [6.07, 6.45) is 4.57. The Bertz CT molecular complexity index is 1390. The van der Waals surface area contributed by atoms with Gasteiger partial charge in [-0.1, -0.05) is 61.9 Å². The quantitative estimate of drug-likeness (QED) is 0.389. The zero-order chi connectivity index (χ0) is 24.6. The van der Waals surface area contributed by atoms with Crippen LogP contribution >= 0.6 is 0 Å². The third-order valence-corrected chi connectivity index (χ3v) is 6.05. The van der Waals surface area contributed by atoms with Gasteiger partial charge >= 0.3 is 0 Å². The van der Waals surface area contributed by atoms with Crippen LogP contribution in [0, 0.1) is 11.3 Å². The summed E-state index contributed by atoms with van der Waals surface area (Å²) in [7, 11) is 0. The van der Waals surface area contributed by atoms with Crippen molar-refractivity contribution in [3.63, 3.8) is 0 Å². The van der Waals surface area contributed by atoms with E-state index in [0.717, 1.165) is 35.2 Å². The number of hydrogen-bond acceptors (Lipinski definition) is 5. The molecule has 0 aliphatic carbocycles. The Morgan fingerprint density at radius 2 is 1.86 bits per heavy atom.